The number of hydrogen-bond donors (Lipinski definition) is 1. The zero-order valence-electron chi connectivity index (χ0n) is 12.3. The van der Waals surface area contributed by atoms with Crippen molar-refractivity contribution >= 4 is 17.2 Å². The molecule has 0 spiro atoms. The van der Waals surface area contributed by atoms with Crippen LogP contribution in [0.15, 0.2) is 35.7 Å². The van der Waals surface area contributed by atoms with Gasteiger partial charge in [0.1, 0.15) is 11.1 Å². The largest absolute Gasteiger partial charge is 0.370 e. The lowest BCUT2D eigenvalue weighted by molar-refractivity contribution is -0.118. The Morgan fingerprint density at radius 1 is 1.41 bits per heavy atom. The van der Waals surface area contributed by atoms with Crippen molar-refractivity contribution in [1.29, 1.82) is 0 Å². The summed E-state index contributed by atoms with van der Waals surface area (Å²) in [6.45, 7) is 2.94. The van der Waals surface area contributed by atoms with Crippen LogP contribution in [0.25, 0.3) is 11.3 Å². The SMILES string of the molecule is NC(=O)CCN1CCO[C@@H](c2nc(-c3ccccc3)cs2)C1. The Hall–Kier alpha value is -1.76. The van der Waals surface area contributed by atoms with Crippen LogP contribution in [0.2, 0.25) is 0 Å². The van der Waals surface area contributed by atoms with Gasteiger partial charge in [-0.1, -0.05) is 30.3 Å². The normalized spacial score (nSPS) is 19.2. The Morgan fingerprint density at radius 3 is 3.00 bits per heavy atom. The molecule has 6 heteroatoms. The van der Waals surface area contributed by atoms with E-state index in [-0.39, 0.29) is 12.0 Å². The van der Waals surface area contributed by atoms with Crippen molar-refractivity contribution in [1.82, 2.24) is 9.88 Å². The lowest BCUT2D eigenvalue weighted by Gasteiger charge is -2.31. The minimum absolute atomic E-state index is 0.0240. The minimum atomic E-state index is -0.261. The number of benzene rings is 1. The predicted molar refractivity (Wildman–Crippen MR) is 86.5 cm³/mol. The number of amides is 1. The van der Waals surface area contributed by atoms with Crippen LogP contribution in [-0.2, 0) is 9.53 Å². The first-order valence-electron chi connectivity index (χ1n) is 7.35. The highest BCUT2D eigenvalue weighted by atomic mass is 32.1. The highest BCUT2D eigenvalue weighted by molar-refractivity contribution is 7.10. The number of carbonyl (C=O) groups is 1. The van der Waals surface area contributed by atoms with Crippen LogP contribution in [0, 0.1) is 0 Å². The Kier molecular flexibility index (Phi) is 4.82. The first kappa shape index (κ1) is 15.1. The van der Waals surface area contributed by atoms with E-state index in [4.69, 9.17) is 15.5 Å². The third-order valence-electron chi connectivity index (χ3n) is 3.69. The van der Waals surface area contributed by atoms with E-state index in [9.17, 15) is 4.79 Å². The Labute approximate surface area is 133 Å². The van der Waals surface area contributed by atoms with Crippen LogP contribution >= 0.6 is 11.3 Å². The molecule has 0 bridgehead atoms. The summed E-state index contributed by atoms with van der Waals surface area (Å²) in [5.74, 6) is -0.261. The van der Waals surface area contributed by atoms with E-state index >= 15 is 0 Å². The summed E-state index contributed by atoms with van der Waals surface area (Å²) in [6, 6.07) is 10.1. The van der Waals surface area contributed by atoms with E-state index in [1.165, 1.54) is 0 Å². The zero-order chi connectivity index (χ0) is 15.4. The van der Waals surface area contributed by atoms with Crippen LogP contribution in [0.3, 0.4) is 0 Å². The maximum atomic E-state index is 10.9. The monoisotopic (exact) mass is 317 g/mol. The number of primary amides is 1. The van der Waals surface area contributed by atoms with Gasteiger partial charge in [0, 0.05) is 37.0 Å². The van der Waals surface area contributed by atoms with Gasteiger partial charge < -0.3 is 10.5 Å². The molecule has 1 aliphatic rings. The zero-order valence-corrected chi connectivity index (χ0v) is 13.1. The van der Waals surface area contributed by atoms with Crippen molar-refractivity contribution in [2.24, 2.45) is 5.73 Å². The van der Waals surface area contributed by atoms with Crippen molar-refractivity contribution in [3.05, 3.63) is 40.7 Å². The molecule has 116 valence electrons. The lowest BCUT2D eigenvalue weighted by Crippen LogP contribution is -2.39. The number of hydrogen-bond acceptors (Lipinski definition) is 5. The predicted octanol–water partition coefficient (Wildman–Crippen LogP) is 2.06. The molecule has 3 rings (SSSR count). The molecule has 1 fully saturated rings. The highest BCUT2D eigenvalue weighted by Gasteiger charge is 2.24. The summed E-state index contributed by atoms with van der Waals surface area (Å²) in [6.07, 6.45) is 0.365. The molecular formula is C16H19N3O2S. The molecule has 1 aromatic heterocycles. The molecule has 0 unspecified atom stereocenters. The summed E-state index contributed by atoms with van der Waals surface area (Å²) in [5.41, 5.74) is 7.32. The molecule has 1 aliphatic heterocycles. The number of nitrogens with two attached hydrogens (primary N) is 1. The van der Waals surface area contributed by atoms with Crippen LogP contribution in [0.4, 0.5) is 0 Å². The number of thiazole rings is 1. The van der Waals surface area contributed by atoms with Crippen molar-refractivity contribution in [3.63, 3.8) is 0 Å². The van der Waals surface area contributed by atoms with Gasteiger partial charge in [-0.15, -0.1) is 11.3 Å². The molecule has 1 saturated heterocycles. The van der Waals surface area contributed by atoms with Crippen LogP contribution in [-0.4, -0.2) is 42.0 Å². The fourth-order valence-corrected chi connectivity index (χ4v) is 3.37. The first-order chi connectivity index (χ1) is 10.7. The lowest BCUT2D eigenvalue weighted by atomic mass is 10.2. The van der Waals surface area contributed by atoms with Crippen molar-refractivity contribution in [2.75, 3.05) is 26.2 Å². The van der Waals surface area contributed by atoms with E-state index < -0.39 is 0 Å². The van der Waals surface area contributed by atoms with E-state index in [1.807, 2.05) is 18.2 Å². The molecule has 22 heavy (non-hydrogen) atoms. The number of aromatic nitrogens is 1. The van der Waals surface area contributed by atoms with Crippen molar-refractivity contribution in [2.45, 2.75) is 12.5 Å². The maximum absolute atomic E-state index is 10.9. The van der Waals surface area contributed by atoms with Gasteiger partial charge in [-0.3, -0.25) is 9.69 Å². The van der Waals surface area contributed by atoms with Gasteiger partial charge in [-0.25, -0.2) is 4.98 Å². The average Bonchev–Trinajstić information content (AvgIpc) is 3.04. The minimum Gasteiger partial charge on any atom is -0.370 e. The Bertz CT molecular complexity index is 629. The average molecular weight is 317 g/mol. The third-order valence-corrected chi connectivity index (χ3v) is 4.63. The van der Waals surface area contributed by atoms with Crippen molar-refractivity contribution < 1.29 is 9.53 Å². The van der Waals surface area contributed by atoms with Crippen LogP contribution in [0.5, 0.6) is 0 Å². The quantitative estimate of drug-likeness (QED) is 0.916. The van der Waals surface area contributed by atoms with Crippen molar-refractivity contribution in [3.8, 4) is 11.3 Å². The number of rotatable bonds is 5. The molecule has 2 N–H and O–H groups in total. The molecule has 0 saturated carbocycles. The highest BCUT2D eigenvalue weighted by Crippen LogP contribution is 2.29. The van der Waals surface area contributed by atoms with Gasteiger partial charge in [0.05, 0.1) is 12.3 Å². The first-order valence-corrected chi connectivity index (χ1v) is 8.23. The van der Waals surface area contributed by atoms with Gasteiger partial charge in [-0.2, -0.15) is 0 Å². The molecule has 5 nitrogen and oxygen atoms in total. The smallest absolute Gasteiger partial charge is 0.218 e. The van der Waals surface area contributed by atoms with Gasteiger partial charge in [0.25, 0.3) is 0 Å². The summed E-state index contributed by atoms with van der Waals surface area (Å²) < 4.78 is 5.84. The Morgan fingerprint density at radius 2 is 2.23 bits per heavy atom. The van der Waals surface area contributed by atoms with E-state index in [0.29, 0.717) is 19.6 Å². The number of morpholine rings is 1. The second-order valence-electron chi connectivity index (χ2n) is 5.31. The van der Waals surface area contributed by atoms with E-state index in [0.717, 1.165) is 29.4 Å². The number of carbonyl (C=O) groups excluding carboxylic acids is 1. The van der Waals surface area contributed by atoms with Gasteiger partial charge in [-0.05, 0) is 0 Å². The van der Waals surface area contributed by atoms with Gasteiger partial charge in [0.15, 0.2) is 0 Å². The molecule has 0 radical (unpaired) electrons. The molecule has 1 aromatic carbocycles. The molecule has 0 aliphatic carbocycles. The number of nitrogens with zero attached hydrogens (tertiary/aromatic N) is 2. The second-order valence-corrected chi connectivity index (χ2v) is 6.20. The maximum Gasteiger partial charge on any atom is 0.218 e. The van der Waals surface area contributed by atoms with Crippen LogP contribution < -0.4 is 5.73 Å². The fraction of sp³-hybridized carbons (Fsp3) is 0.375. The fourth-order valence-electron chi connectivity index (χ4n) is 2.50. The number of ether oxygens (including phenoxy) is 1. The van der Waals surface area contributed by atoms with Gasteiger partial charge >= 0.3 is 0 Å². The van der Waals surface area contributed by atoms with E-state index in [2.05, 4.69) is 22.4 Å². The molecule has 2 aromatic rings. The summed E-state index contributed by atoms with van der Waals surface area (Å²) in [4.78, 5) is 17.8. The summed E-state index contributed by atoms with van der Waals surface area (Å²) >= 11 is 1.62. The molecular weight excluding hydrogens is 298 g/mol. The third kappa shape index (κ3) is 3.71. The standard InChI is InChI=1S/C16H19N3O2S/c17-15(20)6-7-19-8-9-21-14(10-19)16-18-13(11-22-16)12-4-2-1-3-5-12/h1-5,11,14H,6-10H2,(H2,17,20)/t14-/m1/s1. The molecule has 2 heterocycles. The summed E-state index contributed by atoms with van der Waals surface area (Å²) in [5, 5.41) is 3.05. The topological polar surface area (TPSA) is 68.5 Å². The Balaban J connectivity index is 1.66. The van der Waals surface area contributed by atoms with E-state index in [1.54, 1.807) is 11.3 Å². The molecule has 1 amide bonds. The molecule has 1 atom stereocenters. The summed E-state index contributed by atoms with van der Waals surface area (Å²) in [7, 11) is 0. The van der Waals surface area contributed by atoms with Gasteiger partial charge in [0.2, 0.25) is 5.91 Å². The van der Waals surface area contributed by atoms with Crippen LogP contribution in [0.1, 0.15) is 17.5 Å². The second kappa shape index (κ2) is 7.00.